The van der Waals surface area contributed by atoms with Crippen molar-refractivity contribution in [1.29, 1.82) is 0 Å². The van der Waals surface area contributed by atoms with Crippen molar-refractivity contribution in [2.24, 2.45) is 0 Å². The van der Waals surface area contributed by atoms with Crippen molar-refractivity contribution in [3.05, 3.63) is 279 Å². The molecule has 0 bridgehead atoms. The predicted molar refractivity (Wildman–Crippen MR) is 490 cm³/mol. The molecule has 127 heavy (non-hydrogen) atoms. The summed E-state index contributed by atoms with van der Waals surface area (Å²) < 4.78 is 123. The van der Waals surface area contributed by atoms with Crippen LogP contribution in [0.15, 0.2) is 230 Å². The van der Waals surface area contributed by atoms with Crippen molar-refractivity contribution >= 4 is 163 Å². The summed E-state index contributed by atoms with van der Waals surface area (Å²) in [6, 6.07) is 37.8. The second-order valence-corrected chi connectivity index (χ2v) is 37.3. The van der Waals surface area contributed by atoms with Crippen LogP contribution in [-0.2, 0) is 97.5 Å². The number of thiophene rings is 3. The van der Waals surface area contributed by atoms with Crippen LogP contribution < -0.4 is 49.9 Å². The number of aromatic amines is 1. The van der Waals surface area contributed by atoms with Gasteiger partial charge in [-0.1, -0.05) is 121 Å². The number of para-hydroxylation sites is 3. The first kappa shape index (κ1) is 97.5. The maximum Gasteiger partial charge on any atom is 0.325 e. The van der Waals surface area contributed by atoms with Crippen molar-refractivity contribution in [3.8, 4) is 17.2 Å². The number of anilines is 2. The first-order valence-corrected chi connectivity index (χ1v) is 47.2. The normalized spacial score (nSPS) is 12.8. The fourth-order valence-corrected chi connectivity index (χ4v) is 20.2. The standard InChI is InChI=1S/C31H32ClN3O8S2.C29H31ClN4O6S2.C29H31N3O6S2/c1-3-42-29(38)19-35(18-22-9-7-15-44-22)31(39)30(23-10-4-5-11-26(23)43-14-6-8-20(2)36)34-45(40,41)27-16-21-12-13-28(37)33-25(21)17-24(27)32;1-19-10-11-20-15-26(23(30)16-24(20)32-19)42(37,38)33-28(22-8-4-5-9-25(22)40-3)29(36)34(17-21-7-6-14-41-21)18-27(35)31-12-13-39-2;1-5-38-27(33)18-32(17-22-9-8-14-39-22)29(34)28(23-10-6-7-11-25(23)37-4)31-40(35,36)26-16-21-13-12-20(3)30-24(21)15-19(26)2/h4-5,7,9-13,15-17,30,34H,3,6,8,14,18-19H2,1-2H3,(H,33,37);4-11,14-16,28,32-33H,1,12-13,17-18H2,2-3H3,(H,31,35);6-16,28,30-31H,3,5,17-18H2,1-2,4H3/t30-;2*28-/m111/s1. The molecule has 2 aliphatic rings. The summed E-state index contributed by atoms with van der Waals surface area (Å²) in [5, 5.41) is 14.6. The molecule has 38 heteroatoms. The molecule has 670 valence electrons. The van der Waals surface area contributed by atoms with Crippen LogP contribution in [0.3, 0.4) is 0 Å². The molecule has 6 heterocycles. The summed E-state index contributed by atoms with van der Waals surface area (Å²) in [5.74, 6) is -2.86. The highest BCUT2D eigenvalue weighted by Gasteiger charge is 2.39. The van der Waals surface area contributed by atoms with E-state index in [1.54, 1.807) is 142 Å². The van der Waals surface area contributed by atoms with Gasteiger partial charge in [0, 0.05) is 85.7 Å². The molecular weight excluding hydrogens is 1790 g/mol. The van der Waals surface area contributed by atoms with Gasteiger partial charge >= 0.3 is 11.9 Å². The maximum absolute atomic E-state index is 14.3. The molecule has 0 spiro atoms. The number of Topliss-reactive ketones (excluding diaryl/α,β-unsaturated/α-hetero) is 1. The summed E-state index contributed by atoms with van der Waals surface area (Å²) in [4.78, 5) is 112. The fourth-order valence-electron chi connectivity index (χ4n) is 13.2. The number of aryl methyl sites for hydroxylation is 1. The number of methoxy groups -OCH3 is 3. The molecule has 6 aromatic carbocycles. The number of hydrogen-bond acceptors (Lipinski definition) is 25. The van der Waals surface area contributed by atoms with Crippen molar-refractivity contribution in [2.45, 2.75) is 93.0 Å². The highest BCUT2D eigenvalue weighted by atomic mass is 35.5. The zero-order valence-electron chi connectivity index (χ0n) is 70.1. The van der Waals surface area contributed by atoms with E-state index in [0.29, 0.717) is 74.8 Å². The molecule has 10 aromatic rings. The number of nitrogens with zero attached hydrogens (tertiary/aromatic N) is 3. The minimum atomic E-state index is -4.51. The van der Waals surface area contributed by atoms with Gasteiger partial charge in [0.2, 0.25) is 59.3 Å². The van der Waals surface area contributed by atoms with E-state index in [-0.39, 0.29) is 118 Å². The van der Waals surface area contributed by atoms with Crippen LogP contribution in [0.1, 0.15) is 99.8 Å². The first-order chi connectivity index (χ1) is 60.7. The lowest BCUT2D eigenvalue weighted by Gasteiger charge is -2.28. The number of carbonyl (C=O) groups is 7. The van der Waals surface area contributed by atoms with Crippen molar-refractivity contribution in [3.63, 3.8) is 0 Å². The number of esters is 2. The fraction of sp³-hybridized carbons (Fsp3) is 0.258. The Morgan fingerprint density at radius 1 is 0.504 bits per heavy atom. The zero-order chi connectivity index (χ0) is 91.7. The predicted octanol–water partition coefficient (Wildman–Crippen LogP) is 13.4. The molecule has 0 fully saturated rings. The van der Waals surface area contributed by atoms with Crippen LogP contribution in [0.2, 0.25) is 10.0 Å². The molecule has 4 aromatic heterocycles. The monoisotopic (exact) mass is 1880 g/mol. The summed E-state index contributed by atoms with van der Waals surface area (Å²) >= 11 is 17.1. The van der Waals surface area contributed by atoms with Gasteiger partial charge in [0.05, 0.1) is 81.8 Å². The number of benzene rings is 6. The van der Waals surface area contributed by atoms with Crippen LogP contribution in [0.4, 0.5) is 11.4 Å². The van der Waals surface area contributed by atoms with Gasteiger partial charge in [-0.25, -0.2) is 25.3 Å². The Morgan fingerprint density at radius 2 is 0.929 bits per heavy atom. The SMILES string of the molecule is C=C1C=Cc2cc(S(=O)(=O)N[C@@H](C(=O)N(CC(=O)NCCOC)Cc3cccs3)c3ccccc3OC)c(Cl)cc2N1.C=C1C=Cc2cc(S(=O)(=O)N[C@@H](C(=O)N(CC(=O)OCC)Cc3cccs3)c3ccccc3OC)c(C)cc2N1.CCOC(=O)CN(Cc1cccs1)C(=O)[C@H](NS(=O)(=O)c1cc2ccc(=O)[nH]c2cc1Cl)c1ccccc1OCCCC(C)=O. The van der Waals surface area contributed by atoms with E-state index < -0.39 is 90.3 Å². The summed E-state index contributed by atoms with van der Waals surface area (Å²) in [5.41, 5.74) is 5.11. The summed E-state index contributed by atoms with van der Waals surface area (Å²) in [6.07, 6.45) is 7.66. The van der Waals surface area contributed by atoms with Crippen LogP contribution in [0.25, 0.3) is 23.1 Å². The Hall–Kier alpha value is -11.7. The molecule has 4 amide bonds. The maximum atomic E-state index is 14.3. The number of rotatable bonds is 39. The van der Waals surface area contributed by atoms with Crippen molar-refractivity contribution in [2.75, 3.05) is 84.6 Å². The van der Waals surface area contributed by atoms with Crippen LogP contribution in [-0.4, -0.2) is 160 Å². The largest absolute Gasteiger partial charge is 0.496 e. The molecule has 0 unspecified atom stereocenters. The van der Waals surface area contributed by atoms with Gasteiger partial charge in [-0.2, -0.15) is 14.2 Å². The van der Waals surface area contributed by atoms with E-state index in [0.717, 1.165) is 20.3 Å². The number of allylic oxidation sites excluding steroid dienone is 2. The Kier molecular flexibility index (Phi) is 35.1. The number of H-pyrrole nitrogens is 1. The first-order valence-electron chi connectivity index (χ1n) is 39.4. The lowest BCUT2D eigenvalue weighted by molar-refractivity contribution is -0.150. The lowest BCUT2D eigenvalue weighted by Crippen LogP contribution is -2.46. The topological polar surface area (TPSA) is 392 Å². The third-order valence-corrected chi connectivity index (χ3v) is 27.1. The number of aromatic nitrogens is 1. The minimum absolute atomic E-state index is 0.00720. The number of fused-ring (bicyclic) bond motifs is 3. The number of nitrogens with one attached hydrogen (secondary N) is 7. The van der Waals surface area contributed by atoms with Gasteiger partial charge in [0.1, 0.15) is 64.0 Å². The van der Waals surface area contributed by atoms with E-state index in [1.807, 2.05) is 40.4 Å². The Labute approximate surface area is 757 Å². The number of ketones is 1. The summed E-state index contributed by atoms with van der Waals surface area (Å²) in [7, 11) is -8.75. The van der Waals surface area contributed by atoms with E-state index in [9.17, 15) is 63.6 Å². The van der Waals surface area contributed by atoms with E-state index in [4.69, 9.17) is 51.6 Å². The third-order valence-electron chi connectivity index (χ3n) is 19.2. The Balaban J connectivity index is 0.000000199. The van der Waals surface area contributed by atoms with Crippen molar-refractivity contribution < 1.29 is 87.2 Å². The number of carbonyl (C=O) groups excluding carboxylic acids is 7. The number of ether oxygens (including phenoxy) is 6. The number of halogens is 2. The average molecular weight is 1890 g/mol. The quantitative estimate of drug-likeness (QED) is 0.0139. The van der Waals surface area contributed by atoms with Crippen LogP contribution in [0.5, 0.6) is 17.2 Å². The number of pyridine rings is 1. The molecule has 0 saturated heterocycles. The third kappa shape index (κ3) is 26.7. The molecule has 12 rings (SSSR count). The molecule has 7 N–H and O–H groups in total. The van der Waals surface area contributed by atoms with Gasteiger partial charge < -0.3 is 68.8 Å². The Bertz CT molecular complexity index is 6150. The number of amides is 4. The smallest absolute Gasteiger partial charge is 0.325 e. The van der Waals surface area contributed by atoms with Gasteiger partial charge in [-0.05, 0) is 163 Å². The van der Waals surface area contributed by atoms with E-state index in [2.05, 4.69) is 48.3 Å². The van der Waals surface area contributed by atoms with Gasteiger partial charge in [-0.15, -0.1) is 34.0 Å². The molecule has 0 radical (unpaired) electrons. The second-order valence-electron chi connectivity index (χ2n) is 28.3. The Morgan fingerprint density at radius 3 is 1.38 bits per heavy atom. The van der Waals surface area contributed by atoms with Crippen LogP contribution in [0, 0.1) is 6.92 Å². The molecule has 0 aliphatic carbocycles. The molecule has 30 nitrogen and oxygen atoms in total. The molecule has 3 atom stereocenters. The zero-order valence-corrected chi connectivity index (χ0v) is 76.5. The van der Waals surface area contributed by atoms with Crippen LogP contribution >= 0.6 is 57.2 Å². The number of sulfonamides is 3. The van der Waals surface area contributed by atoms with Gasteiger partial charge in [0.25, 0.3) is 0 Å². The highest BCUT2D eigenvalue weighted by molar-refractivity contribution is 7.90. The van der Waals surface area contributed by atoms with Gasteiger partial charge in [-0.3, -0.25) is 33.6 Å². The molecule has 0 saturated carbocycles. The lowest BCUT2D eigenvalue weighted by atomic mass is 10.0. The molecular formula is C89H94Cl2N10O20S6. The highest BCUT2D eigenvalue weighted by Crippen LogP contribution is 2.39. The average Bonchev–Trinajstić information content (AvgIpc) is 1.09. The second kappa shape index (κ2) is 45.7. The van der Waals surface area contributed by atoms with Crippen molar-refractivity contribution in [1.82, 2.24) is 39.2 Å². The van der Waals surface area contributed by atoms with E-state index >= 15 is 0 Å². The molecule has 2 aliphatic heterocycles. The van der Waals surface area contributed by atoms with Gasteiger partial charge in [0.15, 0.2) is 0 Å². The summed E-state index contributed by atoms with van der Waals surface area (Å²) in [6.45, 7) is 14.2. The minimum Gasteiger partial charge on any atom is -0.496 e. The van der Waals surface area contributed by atoms with E-state index in [1.165, 1.54) is 113 Å². The number of hydrogen-bond donors (Lipinski definition) is 7.